The fraction of sp³-hybridized carbons (Fsp3) is 0.312. The molecule has 0 saturated heterocycles. The summed E-state index contributed by atoms with van der Waals surface area (Å²) in [6, 6.07) is 8.12. The molecule has 20 heavy (non-hydrogen) atoms. The fourth-order valence-electron chi connectivity index (χ4n) is 2.30. The molecule has 1 heterocycles. The SMILES string of the molecule is Cc1cc(C)cc(NC(=O)c2cc(Br)cn2C(C)C)c1. The van der Waals surface area contributed by atoms with Crippen molar-refractivity contribution in [2.75, 3.05) is 5.32 Å². The van der Waals surface area contributed by atoms with Crippen molar-refractivity contribution in [1.29, 1.82) is 0 Å². The number of aryl methyl sites for hydroxylation is 2. The summed E-state index contributed by atoms with van der Waals surface area (Å²) < 4.78 is 2.87. The lowest BCUT2D eigenvalue weighted by Gasteiger charge is -2.13. The number of halogens is 1. The van der Waals surface area contributed by atoms with Crippen molar-refractivity contribution in [2.24, 2.45) is 0 Å². The van der Waals surface area contributed by atoms with Gasteiger partial charge in [0, 0.05) is 22.4 Å². The van der Waals surface area contributed by atoms with Crippen molar-refractivity contribution < 1.29 is 4.79 Å². The van der Waals surface area contributed by atoms with Gasteiger partial charge in [-0.05, 0) is 73.0 Å². The van der Waals surface area contributed by atoms with Gasteiger partial charge in [-0.1, -0.05) is 6.07 Å². The van der Waals surface area contributed by atoms with Crippen LogP contribution in [0.15, 0.2) is 34.9 Å². The monoisotopic (exact) mass is 334 g/mol. The highest BCUT2D eigenvalue weighted by Gasteiger charge is 2.15. The molecule has 1 aromatic carbocycles. The van der Waals surface area contributed by atoms with E-state index in [0.717, 1.165) is 21.3 Å². The van der Waals surface area contributed by atoms with Gasteiger partial charge in [-0.15, -0.1) is 0 Å². The van der Waals surface area contributed by atoms with E-state index in [1.54, 1.807) is 0 Å². The van der Waals surface area contributed by atoms with Crippen molar-refractivity contribution in [3.8, 4) is 0 Å². The average molecular weight is 335 g/mol. The average Bonchev–Trinajstić information content (AvgIpc) is 2.70. The normalized spacial score (nSPS) is 10.9. The predicted octanol–water partition coefficient (Wildman–Crippen LogP) is 4.70. The zero-order valence-corrected chi connectivity index (χ0v) is 13.8. The van der Waals surface area contributed by atoms with Crippen molar-refractivity contribution >= 4 is 27.5 Å². The topological polar surface area (TPSA) is 34.0 Å². The Morgan fingerprint density at radius 1 is 1.15 bits per heavy atom. The number of nitrogens with one attached hydrogen (secondary N) is 1. The molecule has 0 atom stereocenters. The van der Waals surface area contributed by atoms with Gasteiger partial charge in [0.1, 0.15) is 5.69 Å². The van der Waals surface area contributed by atoms with Crippen molar-refractivity contribution in [1.82, 2.24) is 4.57 Å². The van der Waals surface area contributed by atoms with E-state index in [1.165, 1.54) is 0 Å². The second-order valence-corrected chi connectivity index (χ2v) is 6.29. The second-order valence-electron chi connectivity index (χ2n) is 5.38. The molecule has 106 valence electrons. The van der Waals surface area contributed by atoms with Gasteiger partial charge in [0.2, 0.25) is 0 Å². The molecule has 0 aliphatic carbocycles. The lowest BCUT2D eigenvalue weighted by atomic mass is 10.1. The van der Waals surface area contributed by atoms with E-state index < -0.39 is 0 Å². The third-order valence-electron chi connectivity index (χ3n) is 3.08. The largest absolute Gasteiger partial charge is 0.340 e. The summed E-state index contributed by atoms with van der Waals surface area (Å²) in [7, 11) is 0. The van der Waals surface area contributed by atoms with Crippen LogP contribution in [0.3, 0.4) is 0 Å². The highest BCUT2D eigenvalue weighted by Crippen LogP contribution is 2.21. The quantitative estimate of drug-likeness (QED) is 0.867. The molecule has 2 rings (SSSR count). The van der Waals surface area contributed by atoms with Gasteiger partial charge < -0.3 is 9.88 Å². The zero-order chi connectivity index (χ0) is 14.9. The summed E-state index contributed by atoms with van der Waals surface area (Å²) in [6.45, 7) is 8.16. The maximum Gasteiger partial charge on any atom is 0.272 e. The van der Waals surface area contributed by atoms with Crippen LogP contribution >= 0.6 is 15.9 Å². The molecule has 0 saturated carbocycles. The van der Waals surface area contributed by atoms with Crippen LogP contribution in [-0.4, -0.2) is 10.5 Å². The number of benzene rings is 1. The molecule has 0 spiro atoms. The Balaban J connectivity index is 2.28. The van der Waals surface area contributed by atoms with Gasteiger partial charge in [-0.2, -0.15) is 0 Å². The first-order valence-electron chi connectivity index (χ1n) is 6.64. The summed E-state index contributed by atoms with van der Waals surface area (Å²) in [5, 5.41) is 2.97. The number of carbonyl (C=O) groups excluding carboxylic acids is 1. The Morgan fingerprint density at radius 2 is 1.75 bits per heavy atom. The molecule has 0 aliphatic rings. The number of anilines is 1. The first kappa shape index (κ1) is 14.9. The van der Waals surface area contributed by atoms with Crippen LogP contribution in [-0.2, 0) is 0 Å². The molecule has 1 N–H and O–H groups in total. The molecule has 2 aromatic rings. The Hall–Kier alpha value is -1.55. The summed E-state index contributed by atoms with van der Waals surface area (Å²) in [5.41, 5.74) is 3.77. The van der Waals surface area contributed by atoms with E-state index in [4.69, 9.17) is 0 Å². The molecular weight excluding hydrogens is 316 g/mol. The third-order valence-corrected chi connectivity index (χ3v) is 3.52. The van der Waals surface area contributed by atoms with Crippen LogP contribution in [0.2, 0.25) is 0 Å². The van der Waals surface area contributed by atoms with E-state index in [0.29, 0.717) is 5.69 Å². The highest BCUT2D eigenvalue weighted by molar-refractivity contribution is 9.10. The first-order valence-corrected chi connectivity index (χ1v) is 7.43. The molecule has 0 bridgehead atoms. The number of nitrogens with zero attached hydrogens (tertiary/aromatic N) is 1. The van der Waals surface area contributed by atoms with E-state index in [1.807, 2.05) is 42.8 Å². The number of carbonyl (C=O) groups is 1. The lowest BCUT2D eigenvalue weighted by molar-refractivity contribution is 0.101. The minimum absolute atomic E-state index is 0.0885. The molecule has 1 aromatic heterocycles. The van der Waals surface area contributed by atoms with Crippen molar-refractivity contribution in [3.05, 3.63) is 51.8 Å². The summed E-state index contributed by atoms with van der Waals surface area (Å²) >= 11 is 3.43. The number of rotatable bonds is 3. The van der Waals surface area contributed by atoms with Crippen LogP contribution in [0, 0.1) is 13.8 Å². The molecule has 0 unspecified atom stereocenters. The van der Waals surface area contributed by atoms with Gasteiger partial charge in [0.15, 0.2) is 0 Å². The van der Waals surface area contributed by atoms with Gasteiger partial charge in [0.25, 0.3) is 5.91 Å². The van der Waals surface area contributed by atoms with E-state index in [9.17, 15) is 4.79 Å². The number of hydrogen-bond acceptors (Lipinski definition) is 1. The number of hydrogen-bond donors (Lipinski definition) is 1. The van der Waals surface area contributed by atoms with Gasteiger partial charge in [-0.25, -0.2) is 0 Å². The first-order chi connectivity index (χ1) is 9.36. The van der Waals surface area contributed by atoms with Crippen molar-refractivity contribution in [2.45, 2.75) is 33.7 Å². The zero-order valence-electron chi connectivity index (χ0n) is 12.2. The maximum absolute atomic E-state index is 12.4. The number of amides is 1. The molecule has 1 amide bonds. The molecular formula is C16H19BrN2O. The summed E-state index contributed by atoms with van der Waals surface area (Å²) in [6.07, 6.45) is 1.93. The Kier molecular flexibility index (Phi) is 4.33. The molecule has 4 heteroatoms. The maximum atomic E-state index is 12.4. The van der Waals surface area contributed by atoms with E-state index in [-0.39, 0.29) is 11.9 Å². The third kappa shape index (κ3) is 3.31. The van der Waals surface area contributed by atoms with Crippen LogP contribution in [0.25, 0.3) is 0 Å². The number of aromatic nitrogens is 1. The Morgan fingerprint density at radius 3 is 2.30 bits per heavy atom. The van der Waals surface area contributed by atoms with Gasteiger partial charge in [-0.3, -0.25) is 4.79 Å². The Labute approximate surface area is 128 Å². The van der Waals surface area contributed by atoms with E-state index >= 15 is 0 Å². The van der Waals surface area contributed by atoms with Crippen LogP contribution in [0.5, 0.6) is 0 Å². The van der Waals surface area contributed by atoms with Gasteiger partial charge in [0.05, 0.1) is 0 Å². The summed E-state index contributed by atoms with van der Waals surface area (Å²) in [4.78, 5) is 12.4. The summed E-state index contributed by atoms with van der Waals surface area (Å²) in [5.74, 6) is -0.0885. The van der Waals surface area contributed by atoms with Gasteiger partial charge >= 0.3 is 0 Å². The molecule has 3 nitrogen and oxygen atoms in total. The standard InChI is InChI=1S/C16H19BrN2O/c1-10(2)19-9-13(17)8-15(19)16(20)18-14-6-11(3)5-12(4)7-14/h5-10H,1-4H3,(H,18,20). The smallest absolute Gasteiger partial charge is 0.272 e. The lowest BCUT2D eigenvalue weighted by Crippen LogP contribution is -2.17. The van der Waals surface area contributed by atoms with Crippen molar-refractivity contribution in [3.63, 3.8) is 0 Å². The minimum atomic E-state index is -0.0885. The second kappa shape index (κ2) is 5.83. The van der Waals surface area contributed by atoms with Crippen LogP contribution < -0.4 is 5.32 Å². The predicted molar refractivity (Wildman–Crippen MR) is 86.4 cm³/mol. The van der Waals surface area contributed by atoms with Crippen LogP contribution in [0.4, 0.5) is 5.69 Å². The highest BCUT2D eigenvalue weighted by atomic mass is 79.9. The molecule has 0 aliphatic heterocycles. The Bertz CT molecular complexity index is 624. The fourth-order valence-corrected chi connectivity index (χ4v) is 2.73. The molecule has 0 fully saturated rings. The van der Waals surface area contributed by atoms with Crippen LogP contribution in [0.1, 0.15) is 41.5 Å². The van der Waals surface area contributed by atoms with E-state index in [2.05, 4.69) is 41.2 Å². The molecule has 0 radical (unpaired) electrons. The minimum Gasteiger partial charge on any atom is -0.340 e.